The van der Waals surface area contributed by atoms with Gasteiger partial charge in [0, 0.05) is 16.9 Å². The fourth-order valence-corrected chi connectivity index (χ4v) is 1.95. The van der Waals surface area contributed by atoms with Crippen LogP contribution in [0.1, 0.15) is 31.1 Å². The topological polar surface area (TPSA) is 116 Å². The summed E-state index contributed by atoms with van der Waals surface area (Å²) < 4.78 is 5.50. The Hall–Kier alpha value is -3.09. The van der Waals surface area contributed by atoms with E-state index >= 15 is 0 Å². The van der Waals surface area contributed by atoms with Crippen molar-refractivity contribution in [2.75, 3.05) is 11.1 Å². The molecule has 1 heterocycles. The highest BCUT2D eigenvalue weighted by Crippen LogP contribution is 2.17. The first-order valence-corrected chi connectivity index (χ1v) is 7.49. The van der Waals surface area contributed by atoms with Gasteiger partial charge in [-0.15, -0.1) is 0 Å². The number of carbonyl (C=O) groups excluding carboxylic acids is 1. The summed E-state index contributed by atoms with van der Waals surface area (Å²) in [6.45, 7) is 5.42. The SMILES string of the molecule is CC(N)=C(Nc1cncc(OC(C)C)n1)C(=O)c1ccc(N)cc1. The molecule has 7 heteroatoms. The molecule has 5 N–H and O–H groups in total. The third kappa shape index (κ3) is 4.45. The molecule has 0 saturated carbocycles. The maximum atomic E-state index is 12.6. The number of nitrogens with two attached hydrogens (primary N) is 2. The Labute approximate surface area is 140 Å². The van der Waals surface area contributed by atoms with Gasteiger partial charge in [0.15, 0.2) is 5.82 Å². The molecule has 0 atom stereocenters. The maximum absolute atomic E-state index is 12.6. The van der Waals surface area contributed by atoms with Crippen molar-refractivity contribution in [1.82, 2.24) is 9.97 Å². The number of carbonyl (C=O) groups is 1. The zero-order chi connectivity index (χ0) is 17.7. The number of allylic oxidation sites excluding steroid dienone is 2. The van der Waals surface area contributed by atoms with Crippen molar-refractivity contribution in [2.24, 2.45) is 5.73 Å². The number of hydrogen-bond acceptors (Lipinski definition) is 7. The minimum absolute atomic E-state index is 0.0304. The molecule has 2 rings (SSSR count). The van der Waals surface area contributed by atoms with Crippen LogP contribution < -0.4 is 21.5 Å². The van der Waals surface area contributed by atoms with Crippen LogP contribution in [0.2, 0.25) is 0 Å². The minimum Gasteiger partial charge on any atom is -0.474 e. The number of ether oxygens (including phenoxy) is 1. The van der Waals surface area contributed by atoms with Gasteiger partial charge in [-0.25, -0.2) is 0 Å². The van der Waals surface area contributed by atoms with E-state index in [0.29, 0.717) is 28.6 Å². The van der Waals surface area contributed by atoms with Gasteiger partial charge >= 0.3 is 0 Å². The van der Waals surface area contributed by atoms with E-state index in [0.717, 1.165) is 0 Å². The van der Waals surface area contributed by atoms with E-state index in [9.17, 15) is 4.79 Å². The van der Waals surface area contributed by atoms with Crippen LogP contribution in [0.4, 0.5) is 11.5 Å². The Bertz CT molecular complexity index is 750. The van der Waals surface area contributed by atoms with Crippen LogP contribution in [0, 0.1) is 0 Å². The number of hydrogen-bond donors (Lipinski definition) is 3. The molecule has 0 fully saturated rings. The molecule has 0 radical (unpaired) electrons. The minimum atomic E-state index is -0.257. The normalized spacial score (nSPS) is 11.8. The molecule has 1 aromatic heterocycles. The van der Waals surface area contributed by atoms with E-state index in [4.69, 9.17) is 16.2 Å². The van der Waals surface area contributed by atoms with Gasteiger partial charge in [-0.3, -0.25) is 9.78 Å². The molecule has 0 saturated heterocycles. The Kier molecular flexibility index (Phi) is 5.36. The molecule has 7 nitrogen and oxygen atoms in total. The maximum Gasteiger partial charge on any atom is 0.234 e. The second-order valence-electron chi connectivity index (χ2n) is 5.54. The van der Waals surface area contributed by atoms with Gasteiger partial charge in [-0.2, -0.15) is 4.98 Å². The number of nitrogen functional groups attached to an aromatic ring is 1. The lowest BCUT2D eigenvalue weighted by molar-refractivity contribution is 0.103. The molecule has 1 aromatic carbocycles. The zero-order valence-corrected chi connectivity index (χ0v) is 13.9. The molecule has 0 aliphatic carbocycles. The summed E-state index contributed by atoms with van der Waals surface area (Å²) in [5, 5.41) is 2.93. The van der Waals surface area contributed by atoms with Crippen LogP contribution in [0.5, 0.6) is 5.88 Å². The average molecular weight is 327 g/mol. The first-order chi connectivity index (χ1) is 11.4. The van der Waals surface area contributed by atoms with Crippen molar-refractivity contribution in [3.8, 4) is 5.88 Å². The van der Waals surface area contributed by atoms with Crippen molar-refractivity contribution < 1.29 is 9.53 Å². The summed E-state index contributed by atoms with van der Waals surface area (Å²) in [5.41, 5.74) is 13.1. The lowest BCUT2D eigenvalue weighted by Crippen LogP contribution is -2.18. The first kappa shape index (κ1) is 17.3. The van der Waals surface area contributed by atoms with Gasteiger partial charge in [0.2, 0.25) is 11.7 Å². The van der Waals surface area contributed by atoms with Crippen LogP contribution in [0.15, 0.2) is 48.1 Å². The number of Topliss-reactive ketones (excluding diaryl/α,β-unsaturated/α-hetero) is 1. The van der Waals surface area contributed by atoms with Gasteiger partial charge in [-0.1, -0.05) is 0 Å². The Morgan fingerprint density at radius 2 is 1.88 bits per heavy atom. The van der Waals surface area contributed by atoms with Crippen LogP contribution in [0.3, 0.4) is 0 Å². The number of anilines is 2. The third-order valence-corrected chi connectivity index (χ3v) is 3.02. The number of ketones is 1. The zero-order valence-electron chi connectivity index (χ0n) is 13.9. The molecule has 0 amide bonds. The van der Waals surface area contributed by atoms with Crippen LogP contribution in [-0.2, 0) is 0 Å². The van der Waals surface area contributed by atoms with Crippen molar-refractivity contribution >= 4 is 17.3 Å². The molecular weight excluding hydrogens is 306 g/mol. The van der Waals surface area contributed by atoms with E-state index < -0.39 is 0 Å². The predicted octanol–water partition coefficient (Wildman–Crippen LogP) is 2.33. The highest BCUT2D eigenvalue weighted by atomic mass is 16.5. The number of aromatic nitrogens is 2. The van der Waals surface area contributed by atoms with Gasteiger partial charge in [-0.05, 0) is 45.0 Å². The first-order valence-electron chi connectivity index (χ1n) is 7.49. The highest BCUT2D eigenvalue weighted by molar-refractivity contribution is 6.10. The van der Waals surface area contributed by atoms with Gasteiger partial charge < -0.3 is 21.5 Å². The monoisotopic (exact) mass is 327 g/mol. The van der Waals surface area contributed by atoms with E-state index in [1.807, 2.05) is 13.8 Å². The van der Waals surface area contributed by atoms with Crippen molar-refractivity contribution in [3.63, 3.8) is 0 Å². The van der Waals surface area contributed by atoms with Crippen LogP contribution >= 0.6 is 0 Å². The highest BCUT2D eigenvalue weighted by Gasteiger charge is 2.16. The van der Waals surface area contributed by atoms with Gasteiger partial charge in [0.05, 0.1) is 18.5 Å². The Balaban J connectivity index is 2.25. The van der Waals surface area contributed by atoms with E-state index in [-0.39, 0.29) is 17.6 Å². The van der Waals surface area contributed by atoms with E-state index in [1.54, 1.807) is 31.2 Å². The fourth-order valence-electron chi connectivity index (χ4n) is 1.95. The molecule has 0 aliphatic heterocycles. The number of benzene rings is 1. The van der Waals surface area contributed by atoms with Crippen LogP contribution in [0.25, 0.3) is 0 Å². The lowest BCUT2D eigenvalue weighted by atomic mass is 10.1. The summed E-state index contributed by atoms with van der Waals surface area (Å²) in [4.78, 5) is 21.0. The smallest absolute Gasteiger partial charge is 0.234 e. The Morgan fingerprint density at radius 1 is 1.21 bits per heavy atom. The van der Waals surface area contributed by atoms with E-state index in [2.05, 4.69) is 15.3 Å². The molecular formula is C17H21N5O2. The summed E-state index contributed by atoms with van der Waals surface area (Å²) in [7, 11) is 0. The average Bonchev–Trinajstić information content (AvgIpc) is 2.52. The van der Waals surface area contributed by atoms with E-state index in [1.165, 1.54) is 12.4 Å². The predicted molar refractivity (Wildman–Crippen MR) is 93.5 cm³/mol. The summed E-state index contributed by atoms with van der Waals surface area (Å²) in [6.07, 6.45) is 2.97. The summed E-state index contributed by atoms with van der Waals surface area (Å²) in [5.74, 6) is 0.479. The lowest BCUT2D eigenvalue weighted by Gasteiger charge is -2.13. The summed E-state index contributed by atoms with van der Waals surface area (Å²) in [6, 6.07) is 6.61. The molecule has 126 valence electrons. The van der Waals surface area contributed by atoms with Crippen molar-refractivity contribution in [3.05, 3.63) is 53.6 Å². The molecule has 0 spiro atoms. The third-order valence-electron chi connectivity index (χ3n) is 3.02. The standard InChI is InChI=1S/C17H21N5O2/c1-10(2)24-15-9-20-8-14(21-15)22-16(11(3)18)17(23)12-4-6-13(19)7-5-12/h4-10H,18-19H2,1-3H3,(H,21,22). The largest absolute Gasteiger partial charge is 0.474 e. The van der Waals surface area contributed by atoms with Gasteiger partial charge in [0.1, 0.15) is 5.70 Å². The van der Waals surface area contributed by atoms with Crippen molar-refractivity contribution in [2.45, 2.75) is 26.9 Å². The molecule has 24 heavy (non-hydrogen) atoms. The van der Waals surface area contributed by atoms with Gasteiger partial charge in [0.25, 0.3) is 0 Å². The number of rotatable bonds is 6. The molecule has 2 aromatic rings. The van der Waals surface area contributed by atoms with Crippen molar-refractivity contribution in [1.29, 1.82) is 0 Å². The molecule has 0 bridgehead atoms. The van der Waals surface area contributed by atoms with Crippen LogP contribution in [-0.4, -0.2) is 21.9 Å². The fraction of sp³-hybridized carbons (Fsp3) is 0.235. The number of nitrogens with zero attached hydrogens (tertiary/aromatic N) is 2. The second kappa shape index (κ2) is 7.45. The molecule has 0 aliphatic rings. The Morgan fingerprint density at radius 3 is 2.46 bits per heavy atom. The second-order valence-corrected chi connectivity index (χ2v) is 5.54. The number of nitrogens with one attached hydrogen (secondary N) is 1. The quantitative estimate of drug-likeness (QED) is 0.423. The summed E-state index contributed by atoms with van der Waals surface area (Å²) >= 11 is 0. The molecule has 0 unspecified atom stereocenters.